The molecule has 0 spiro atoms. The summed E-state index contributed by atoms with van der Waals surface area (Å²) in [7, 11) is 0. The van der Waals surface area contributed by atoms with Crippen LogP contribution in [0.1, 0.15) is 38.8 Å². The van der Waals surface area contributed by atoms with Gasteiger partial charge in [-0.15, -0.1) is 0 Å². The van der Waals surface area contributed by atoms with Crippen LogP contribution >= 0.6 is 0 Å². The highest BCUT2D eigenvalue weighted by molar-refractivity contribution is 6.21. The van der Waals surface area contributed by atoms with Gasteiger partial charge in [0.25, 0.3) is 11.8 Å². The third kappa shape index (κ3) is 3.18. The molecule has 0 saturated carbocycles. The van der Waals surface area contributed by atoms with E-state index in [2.05, 4.69) is 10.9 Å². The number of benzene rings is 2. The summed E-state index contributed by atoms with van der Waals surface area (Å²) in [5.41, 5.74) is 8.07. The lowest BCUT2D eigenvalue weighted by atomic mass is 10.1. The molecular formula is C18H17N3O3. The fraction of sp³-hybridized carbons (Fsp3) is 0.167. The van der Waals surface area contributed by atoms with Crippen LogP contribution in [0.4, 0.5) is 0 Å². The molecule has 0 aromatic heterocycles. The zero-order valence-electron chi connectivity index (χ0n) is 13.2. The molecule has 3 rings (SSSR count). The van der Waals surface area contributed by atoms with Crippen molar-refractivity contribution >= 4 is 17.7 Å². The molecule has 0 atom stereocenters. The predicted octanol–water partition coefficient (Wildman–Crippen LogP) is 1.62. The van der Waals surface area contributed by atoms with Crippen LogP contribution in [0.25, 0.3) is 0 Å². The Bertz CT molecular complexity index is 764. The lowest BCUT2D eigenvalue weighted by Crippen LogP contribution is -2.34. The molecule has 0 fully saturated rings. The van der Waals surface area contributed by atoms with Crippen molar-refractivity contribution in [1.82, 2.24) is 15.8 Å². The molecule has 24 heavy (non-hydrogen) atoms. The second-order valence-corrected chi connectivity index (χ2v) is 5.59. The van der Waals surface area contributed by atoms with Crippen molar-refractivity contribution in [3.8, 4) is 0 Å². The Labute approximate surface area is 139 Å². The molecule has 0 unspecified atom stereocenters. The summed E-state index contributed by atoms with van der Waals surface area (Å²) in [6.07, 6.45) is 0. The fourth-order valence-electron chi connectivity index (χ4n) is 2.60. The minimum absolute atomic E-state index is 0.155. The Hall–Kier alpha value is -2.99. The molecule has 0 bridgehead atoms. The van der Waals surface area contributed by atoms with E-state index in [4.69, 9.17) is 0 Å². The zero-order chi connectivity index (χ0) is 17.1. The second kappa shape index (κ2) is 6.64. The van der Waals surface area contributed by atoms with Gasteiger partial charge in [-0.3, -0.25) is 24.7 Å². The number of hydrogen-bond acceptors (Lipinski definition) is 4. The SMILES string of the molecule is CC(=O)NNCc1ccc(CN2C(=O)c3ccccc3C2=O)cc1. The Kier molecular flexibility index (Phi) is 4.39. The molecule has 1 heterocycles. The van der Waals surface area contributed by atoms with Crippen LogP contribution in [0.5, 0.6) is 0 Å². The number of hydrogen-bond donors (Lipinski definition) is 2. The van der Waals surface area contributed by atoms with Gasteiger partial charge in [0.1, 0.15) is 0 Å². The van der Waals surface area contributed by atoms with Gasteiger partial charge in [-0.25, -0.2) is 5.43 Å². The third-order valence-corrected chi connectivity index (χ3v) is 3.80. The molecule has 3 amide bonds. The maximum absolute atomic E-state index is 12.3. The number of amides is 3. The van der Waals surface area contributed by atoms with E-state index >= 15 is 0 Å². The summed E-state index contributed by atoms with van der Waals surface area (Å²) in [5.74, 6) is -0.670. The molecule has 0 aliphatic carbocycles. The number of carbonyl (C=O) groups excluding carboxylic acids is 3. The molecule has 6 heteroatoms. The number of rotatable bonds is 5. The van der Waals surface area contributed by atoms with E-state index < -0.39 is 0 Å². The quantitative estimate of drug-likeness (QED) is 0.647. The minimum atomic E-state index is -0.257. The first kappa shape index (κ1) is 15.9. The fourth-order valence-corrected chi connectivity index (χ4v) is 2.60. The van der Waals surface area contributed by atoms with Crippen LogP contribution < -0.4 is 10.9 Å². The van der Waals surface area contributed by atoms with Crippen molar-refractivity contribution in [3.63, 3.8) is 0 Å². The van der Waals surface area contributed by atoms with E-state index in [-0.39, 0.29) is 24.3 Å². The molecule has 2 N–H and O–H groups in total. The van der Waals surface area contributed by atoms with Gasteiger partial charge in [-0.1, -0.05) is 36.4 Å². The van der Waals surface area contributed by atoms with Crippen molar-refractivity contribution in [1.29, 1.82) is 0 Å². The van der Waals surface area contributed by atoms with Gasteiger partial charge in [-0.2, -0.15) is 0 Å². The molecule has 2 aromatic rings. The first-order chi connectivity index (χ1) is 11.6. The molecule has 1 aliphatic heterocycles. The number of hydrazine groups is 1. The average Bonchev–Trinajstić information content (AvgIpc) is 2.82. The van der Waals surface area contributed by atoms with Crippen LogP contribution in [0.3, 0.4) is 0 Å². The summed E-state index contributed by atoms with van der Waals surface area (Å²) >= 11 is 0. The normalized spacial score (nSPS) is 13.1. The van der Waals surface area contributed by atoms with E-state index in [1.54, 1.807) is 24.3 Å². The Morgan fingerprint density at radius 3 is 2.00 bits per heavy atom. The smallest absolute Gasteiger partial charge is 0.261 e. The van der Waals surface area contributed by atoms with E-state index in [0.29, 0.717) is 17.7 Å². The van der Waals surface area contributed by atoms with Gasteiger partial charge in [0.2, 0.25) is 5.91 Å². The van der Waals surface area contributed by atoms with Crippen molar-refractivity contribution in [2.24, 2.45) is 0 Å². The monoisotopic (exact) mass is 323 g/mol. The molecular weight excluding hydrogens is 306 g/mol. The van der Waals surface area contributed by atoms with E-state index in [9.17, 15) is 14.4 Å². The van der Waals surface area contributed by atoms with Crippen LogP contribution in [-0.2, 0) is 17.9 Å². The van der Waals surface area contributed by atoms with Crippen molar-refractivity contribution in [3.05, 3.63) is 70.8 Å². The van der Waals surface area contributed by atoms with Gasteiger partial charge >= 0.3 is 0 Å². The molecule has 1 aliphatic rings. The van der Waals surface area contributed by atoms with E-state index in [0.717, 1.165) is 11.1 Å². The van der Waals surface area contributed by atoms with Gasteiger partial charge in [0.15, 0.2) is 0 Å². The Morgan fingerprint density at radius 1 is 0.917 bits per heavy atom. The number of imide groups is 1. The molecule has 0 saturated heterocycles. The largest absolute Gasteiger partial charge is 0.292 e. The van der Waals surface area contributed by atoms with Crippen LogP contribution in [0.2, 0.25) is 0 Å². The first-order valence-electron chi connectivity index (χ1n) is 7.59. The summed E-state index contributed by atoms with van der Waals surface area (Å²) in [5, 5.41) is 0. The average molecular weight is 323 g/mol. The Morgan fingerprint density at radius 2 is 1.46 bits per heavy atom. The standard InChI is InChI=1S/C18H17N3O3/c1-12(22)20-19-10-13-6-8-14(9-7-13)11-21-17(23)15-4-2-3-5-16(15)18(21)24/h2-9,19H,10-11H2,1H3,(H,20,22). The van der Waals surface area contributed by atoms with Crippen LogP contribution in [-0.4, -0.2) is 22.6 Å². The van der Waals surface area contributed by atoms with Crippen molar-refractivity contribution < 1.29 is 14.4 Å². The van der Waals surface area contributed by atoms with Gasteiger partial charge < -0.3 is 0 Å². The van der Waals surface area contributed by atoms with E-state index in [1.165, 1.54) is 11.8 Å². The highest BCUT2D eigenvalue weighted by atomic mass is 16.2. The number of nitrogens with one attached hydrogen (secondary N) is 2. The van der Waals surface area contributed by atoms with E-state index in [1.807, 2.05) is 24.3 Å². The van der Waals surface area contributed by atoms with Crippen molar-refractivity contribution in [2.45, 2.75) is 20.0 Å². The molecule has 6 nitrogen and oxygen atoms in total. The number of carbonyl (C=O) groups is 3. The van der Waals surface area contributed by atoms with Gasteiger partial charge in [0, 0.05) is 13.5 Å². The topological polar surface area (TPSA) is 78.5 Å². The summed E-state index contributed by atoms with van der Waals surface area (Å²) < 4.78 is 0. The molecule has 122 valence electrons. The maximum atomic E-state index is 12.3. The predicted molar refractivity (Wildman–Crippen MR) is 87.7 cm³/mol. The van der Waals surface area contributed by atoms with Crippen LogP contribution in [0.15, 0.2) is 48.5 Å². The summed E-state index contributed by atoms with van der Waals surface area (Å²) in [6, 6.07) is 14.4. The second-order valence-electron chi connectivity index (χ2n) is 5.59. The lowest BCUT2D eigenvalue weighted by Gasteiger charge is -2.14. The summed E-state index contributed by atoms with van der Waals surface area (Å²) in [4.78, 5) is 36.7. The maximum Gasteiger partial charge on any atom is 0.261 e. The minimum Gasteiger partial charge on any atom is -0.292 e. The number of fused-ring (bicyclic) bond motifs is 1. The number of nitrogens with zero attached hydrogens (tertiary/aromatic N) is 1. The van der Waals surface area contributed by atoms with Crippen molar-refractivity contribution in [2.75, 3.05) is 0 Å². The van der Waals surface area contributed by atoms with Gasteiger partial charge in [-0.05, 0) is 23.3 Å². The lowest BCUT2D eigenvalue weighted by molar-refractivity contribution is -0.119. The highest BCUT2D eigenvalue weighted by Gasteiger charge is 2.34. The third-order valence-electron chi connectivity index (χ3n) is 3.80. The zero-order valence-corrected chi connectivity index (χ0v) is 13.2. The first-order valence-corrected chi connectivity index (χ1v) is 7.59. The highest BCUT2D eigenvalue weighted by Crippen LogP contribution is 2.24. The summed E-state index contributed by atoms with van der Waals surface area (Å²) in [6.45, 7) is 2.16. The van der Waals surface area contributed by atoms with Gasteiger partial charge in [0.05, 0.1) is 17.7 Å². The molecule has 2 aromatic carbocycles. The Balaban J connectivity index is 1.66. The molecule has 0 radical (unpaired) electrons. The van der Waals surface area contributed by atoms with Crippen LogP contribution in [0, 0.1) is 0 Å².